The summed E-state index contributed by atoms with van der Waals surface area (Å²) in [5.41, 5.74) is 16.1. The molecule has 3 aromatic carbocycles. The summed E-state index contributed by atoms with van der Waals surface area (Å²) in [5.74, 6) is -3.28. The first-order valence-electron chi connectivity index (χ1n) is 18.4. The van der Waals surface area contributed by atoms with E-state index in [0.717, 1.165) is 29.1 Å². The molecule has 1 aromatic heterocycles. The average molecular weight is 818 g/mol. The second-order valence-corrected chi connectivity index (χ2v) is 12.6. The molecule has 9 N–H and O–H groups in total. The fourth-order valence-electron chi connectivity index (χ4n) is 5.00. The van der Waals surface area contributed by atoms with E-state index in [1.54, 1.807) is 12.1 Å². The number of aliphatic hydroxyl groups excluding tert-OH is 1. The Balaban J connectivity index is 0.000000882. The number of primary amides is 1. The number of aliphatic hydroxyl groups is 1. The van der Waals surface area contributed by atoms with Crippen LogP contribution < -0.4 is 22.5 Å². The van der Waals surface area contributed by atoms with Gasteiger partial charge in [0.15, 0.2) is 0 Å². The highest BCUT2D eigenvalue weighted by Gasteiger charge is 2.27. The van der Waals surface area contributed by atoms with Crippen LogP contribution in [0.25, 0.3) is 11.1 Å². The summed E-state index contributed by atoms with van der Waals surface area (Å²) < 4.78 is 51.3. The molecular weight excluding hydrogens is 764 g/mol. The van der Waals surface area contributed by atoms with Crippen molar-refractivity contribution in [2.75, 3.05) is 79.1 Å². The topological polar surface area (TPSA) is 214 Å². The van der Waals surface area contributed by atoms with E-state index in [-0.39, 0.29) is 47.5 Å². The SMILES string of the molecule is Cc1c(F)ccc(F)c1-c1c(C(=O)NCCC(N)=O)c[nH]c1C(=O)c1ccc(CCCOCCOCCOCCOCCN)cc1.Clc1ccccc1.NCCO. The molecule has 312 valence electrons. The number of carbonyl (C=O) groups excluding carboxylic acids is 3. The van der Waals surface area contributed by atoms with Crippen molar-refractivity contribution in [3.05, 3.63) is 118 Å². The lowest BCUT2D eigenvalue weighted by molar-refractivity contribution is -0.117. The number of rotatable bonds is 23. The zero-order valence-electron chi connectivity index (χ0n) is 32.2. The predicted molar refractivity (Wildman–Crippen MR) is 215 cm³/mol. The summed E-state index contributed by atoms with van der Waals surface area (Å²) in [6.07, 6.45) is 2.63. The minimum Gasteiger partial charge on any atom is -0.395 e. The number of ketones is 1. The first-order chi connectivity index (χ1) is 27.5. The number of carbonyl (C=O) groups is 3. The van der Waals surface area contributed by atoms with Crippen molar-refractivity contribution in [2.45, 2.75) is 26.2 Å². The maximum absolute atomic E-state index is 15.1. The minimum absolute atomic E-state index is 0.0572. The van der Waals surface area contributed by atoms with E-state index in [9.17, 15) is 18.8 Å². The van der Waals surface area contributed by atoms with Crippen LogP contribution in [0.1, 0.15) is 50.4 Å². The maximum atomic E-state index is 15.1. The molecule has 0 radical (unpaired) electrons. The zero-order valence-corrected chi connectivity index (χ0v) is 33.0. The van der Waals surface area contributed by atoms with Gasteiger partial charge in [0.05, 0.1) is 64.1 Å². The van der Waals surface area contributed by atoms with E-state index in [1.165, 1.54) is 13.1 Å². The van der Waals surface area contributed by atoms with Crippen LogP contribution in [-0.4, -0.2) is 107 Å². The quantitative estimate of drug-likeness (QED) is 0.0460. The molecule has 16 heteroatoms. The Morgan fingerprint density at radius 1 is 0.772 bits per heavy atom. The number of halogens is 3. The molecule has 0 aliphatic carbocycles. The first kappa shape index (κ1) is 48.6. The van der Waals surface area contributed by atoms with Gasteiger partial charge < -0.3 is 51.6 Å². The van der Waals surface area contributed by atoms with Gasteiger partial charge in [-0.3, -0.25) is 14.4 Å². The third-order valence-electron chi connectivity index (χ3n) is 7.82. The van der Waals surface area contributed by atoms with Gasteiger partial charge in [-0.25, -0.2) is 8.78 Å². The molecule has 13 nitrogen and oxygen atoms in total. The molecule has 0 aliphatic rings. The van der Waals surface area contributed by atoms with Crippen LogP contribution in [0.3, 0.4) is 0 Å². The summed E-state index contributed by atoms with van der Waals surface area (Å²) in [7, 11) is 0. The van der Waals surface area contributed by atoms with E-state index in [2.05, 4.69) is 10.3 Å². The van der Waals surface area contributed by atoms with Crippen LogP contribution in [0.5, 0.6) is 0 Å². The van der Waals surface area contributed by atoms with E-state index < -0.39 is 29.2 Å². The highest BCUT2D eigenvalue weighted by Crippen LogP contribution is 2.35. The monoisotopic (exact) mass is 817 g/mol. The number of nitrogens with two attached hydrogens (primary N) is 3. The van der Waals surface area contributed by atoms with Crippen LogP contribution in [0.15, 0.2) is 72.9 Å². The first-order valence-corrected chi connectivity index (χ1v) is 18.8. The summed E-state index contributed by atoms with van der Waals surface area (Å²) >= 11 is 5.54. The molecule has 0 saturated carbocycles. The summed E-state index contributed by atoms with van der Waals surface area (Å²) in [5, 5.41) is 11.1. The van der Waals surface area contributed by atoms with Gasteiger partial charge >= 0.3 is 0 Å². The van der Waals surface area contributed by atoms with Gasteiger partial charge in [-0.05, 0) is 55.2 Å². The Morgan fingerprint density at radius 3 is 1.86 bits per heavy atom. The molecule has 0 aliphatic heterocycles. The third-order valence-corrected chi connectivity index (χ3v) is 8.07. The maximum Gasteiger partial charge on any atom is 0.253 e. The van der Waals surface area contributed by atoms with Crippen molar-refractivity contribution in [3.63, 3.8) is 0 Å². The highest BCUT2D eigenvalue weighted by molar-refractivity contribution is 6.30. The van der Waals surface area contributed by atoms with E-state index in [4.69, 9.17) is 52.9 Å². The predicted octanol–water partition coefficient (Wildman–Crippen LogP) is 4.34. The average Bonchev–Trinajstić information content (AvgIpc) is 3.65. The molecule has 1 heterocycles. The second-order valence-electron chi connectivity index (χ2n) is 12.1. The number of aromatic nitrogens is 1. The Labute approximate surface area is 337 Å². The second kappa shape index (κ2) is 28.8. The van der Waals surface area contributed by atoms with Gasteiger partial charge in [0.2, 0.25) is 11.7 Å². The Kier molecular flexibility index (Phi) is 24.5. The number of hydrogen-bond acceptors (Lipinski definition) is 10. The summed E-state index contributed by atoms with van der Waals surface area (Å²) in [6, 6.07) is 18.3. The Bertz CT molecular complexity index is 1760. The highest BCUT2D eigenvalue weighted by atomic mass is 35.5. The number of benzene rings is 3. The normalized spacial score (nSPS) is 10.6. The van der Waals surface area contributed by atoms with E-state index >= 15 is 4.39 Å². The zero-order chi connectivity index (χ0) is 41.8. The lowest BCUT2D eigenvalue weighted by Gasteiger charge is -2.13. The van der Waals surface area contributed by atoms with Gasteiger partial charge in [-0.1, -0.05) is 54.1 Å². The summed E-state index contributed by atoms with van der Waals surface area (Å²) in [6.45, 7) is 6.20. The van der Waals surface area contributed by atoms with Crippen molar-refractivity contribution in [1.29, 1.82) is 0 Å². The molecule has 0 spiro atoms. The Morgan fingerprint density at radius 2 is 1.33 bits per heavy atom. The van der Waals surface area contributed by atoms with Crippen molar-refractivity contribution >= 4 is 29.2 Å². The molecule has 0 bridgehead atoms. The number of hydrogen-bond donors (Lipinski definition) is 6. The number of aromatic amines is 1. The smallest absolute Gasteiger partial charge is 0.253 e. The van der Waals surface area contributed by atoms with Gasteiger partial charge in [-0.15, -0.1) is 0 Å². The van der Waals surface area contributed by atoms with Crippen LogP contribution >= 0.6 is 11.6 Å². The summed E-state index contributed by atoms with van der Waals surface area (Å²) in [4.78, 5) is 40.5. The van der Waals surface area contributed by atoms with Crippen LogP contribution in [0, 0.1) is 18.6 Å². The largest absolute Gasteiger partial charge is 0.395 e. The van der Waals surface area contributed by atoms with Crippen LogP contribution in [0.4, 0.5) is 8.78 Å². The van der Waals surface area contributed by atoms with Crippen molar-refractivity contribution in [1.82, 2.24) is 10.3 Å². The number of nitrogens with one attached hydrogen (secondary N) is 2. The van der Waals surface area contributed by atoms with Crippen molar-refractivity contribution in [3.8, 4) is 11.1 Å². The minimum atomic E-state index is -0.794. The van der Waals surface area contributed by atoms with Gasteiger partial charge in [-0.2, -0.15) is 0 Å². The van der Waals surface area contributed by atoms with E-state index in [0.29, 0.717) is 77.9 Å². The lowest BCUT2D eigenvalue weighted by Crippen LogP contribution is -2.28. The standard InChI is InChI=1S/C33H42F2N4O7.C6H5Cl.C2H7NO/c1-22-26(34)8-9-27(35)29(22)30-25(33(42)38-12-10-28(37)40)21-39-31(30)32(41)24-6-4-23(5-7-24)3-2-13-43-15-17-45-19-20-46-18-16-44-14-11-36;7-6-4-2-1-3-5-6;3-1-2-4/h4-9,21,39H,2-3,10-20,36H2,1H3,(H2,37,40)(H,38,42);1-5H;4H,1-3H2. The molecule has 0 saturated heterocycles. The van der Waals surface area contributed by atoms with Gasteiger partial charge in [0, 0.05) is 60.6 Å². The molecule has 4 rings (SSSR count). The fourth-order valence-corrected chi connectivity index (χ4v) is 5.15. The van der Waals surface area contributed by atoms with Crippen molar-refractivity contribution < 1.29 is 47.2 Å². The number of H-pyrrole nitrogens is 1. The third kappa shape index (κ3) is 18.5. The Hall–Kier alpha value is -4.58. The molecule has 4 aromatic rings. The molecular formula is C41H54ClF2N5O8. The fraction of sp³-hybridized carbons (Fsp3) is 0.390. The van der Waals surface area contributed by atoms with Crippen LogP contribution in [0.2, 0.25) is 5.02 Å². The molecule has 0 fully saturated rings. The van der Waals surface area contributed by atoms with E-state index in [1.807, 2.05) is 42.5 Å². The molecule has 0 atom stereocenters. The van der Waals surface area contributed by atoms with Gasteiger partial charge in [0.1, 0.15) is 11.6 Å². The number of aryl methyl sites for hydroxylation is 1. The lowest BCUT2D eigenvalue weighted by atomic mass is 9.92. The molecule has 57 heavy (non-hydrogen) atoms. The van der Waals surface area contributed by atoms with Crippen LogP contribution in [-0.2, 0) is 30.2 Å². The van der Waals surface area contributed by atoms with Crippen molar-refractivity contribution in [2.24, 2.45) is 17.2 Å². The van der Waals surface area contributed by atoms with Gasteiger partial charge in [0.25, 0.3) is 5.91 Å². The number of ether oxygens (including phenoxy) is 4. The molecule has 0 unspecified atom stereocenters. The molecule has 2 amide bonds. The number of amides is 2.